The molecule has 2 aromatic heterocycles. The number of amides is 2. The van der Waals surface area contributed by atoms with Gasteiger partial charge in [-0.1, -0.05) is 5.16 Å². The van der Waals surface area contributed by atoms with Crippen molar-refractivity contribution in [1.82, 2.24) is 15.4 Å². The number of nitrogens with one attached hydrogen (secondary N) is 1. The van der Waals surface area contributed by atoms with Crippen LogP contribution in [-0.2, 0) is 13.1 Å². The summed E-state index contributed by atoms with van der Waals surface area (Å²) in [5, 5.41) is 6.67. The third-order valence-corrected chi connectivity index (χ3v) is 2.92. The van der Waals surface area contributed by atoms with Crippen molar-refractivity contribution in [2.75, 3.05) is 7.05 Å². The van der Waals surface area contributed by atoms with E-state index in [1.165, 1.54) is 0 Å². The third-order valence-electron chi connectivity index (χ3n) is 2.92. The van der Waals surface area contributed by atoms with Gasteiger partial charge in [0.2, 0.25) is 0 Å². The zero-order valence-electron chi connectivity index (χ0n) is 11.3. The lowest BCUT2D eigenvalue weighted by molar-refractivity contribution is 0.202. The van der Waals surface area contributed by atoms with Crippen LogP contribution in [0.1, 0.15) is 22.8 Å². The summed E-state index contributed by atoms with van der Waals surface area (Å²) < 4.78 is 10.2. The minimum Gasteiger partial charge on any atom is -0.467 e. The number of nitrogens with zero attached hydrogens (tertiary/aromatic N) is 2. The maximum atomic E-state index is 11.9. The van der Waals surface area contributed by atoms with Crippen LogP contribution in [0.4, 0.5) is 4.79 Å². The van der Waals surface area contributed by atoms with Gasteiger partial charge in [-0.15, -0.1) is 0 Å². The predicted octanol–water partition coefficient (Wildman–Crippen LogP) is 2.23. The Morgan fingerprint density at radius 1 is 1.47 bits per heavy atom. The van der Waals surface area contributed by atoms with Crippen molar-refractivity contribution in [2.24, 2.45) is 0 Å². The largest absolute Gasteiger partial charge is 0.467 e. The fourth-order valence-electron chi connectivity index (χ4n) is 1.76. The van der Waals surface area contributed by atoms with Crippen molar-refractivity contribution < 1.29 is 13.7 Å². The first-order valence-electron chi connectivity index (χ1n) is 6.01. The molecule has 1 N–H and O–H groups in total. The average molecular weight is 263 g/mol. The Hall–Kier alpha value is -2.24. The predicted molar refractivity (Wildman–Crippen MR) is 68.4 cm³/mol. The average Bonchev–Trinajstić information content (AvgIpc) is 2.98. The van der Waals surface area contributed by atoms with Gasteiger partial charge in [-0.25, -0.2) is 4.79 Å². The monoisotopic (exact) mass is 263 g/mol. The summed E-state index contributed by atoms with van der Waals surface area (Å²) in [7, 11) is 1.71. The lowest BCUT2D eigenvalue weighted by Crippen LogP contribution is -2.36. The topological polar surface area (TPSA) is 71.5 Å². The van der Waals surface area contributed by atoms with E-state index in [4.69, 9.17) is 8.94 Å². The van der Waals surface area contributed by atoms with Crippen molar-refractivity contribution >= 4 is 6.03 Å². The van der Waals surface area contributed by atoms with E-state index in [0.717, 1.165) is 22.8 Å². The molecule has 0 aliphatic carbocycles. The third kappa shape index (κ3) is 3.15. The quantitative estimate of drug-likeness (QED) is 0.918. The smallest absolute Gasteiger partial charge is 0.317 e. The van der Waals surface area contributed by atoms with Crippen LogP contribution in [0.25, 0.3) is 0 Å². The molecule has 2 heterocycles. The van der Waals surface area contributed by atoms with Gasteiger partial charge in [-0.05, 0) is 26.0 Å². The van der Waals surface area contributed by atoms with Crippen LogP contribution < -0.4 is 5.32 Å². The van der Waals surface area contributed by atoms with Crippen molar-refractivity contribution in [1.29, 1.82) is 0 Å². The molecule has 0 unspecified atom stereocenters. The number of urea groups is 1. The van der Waals surface area contributed by atoms with Gasteiger partial charge in [0.25, 0.3) is 0 Å². The van der Waals surface area contributed by atoms with E-state index >= 15 is 0 Å². The van der Waals surface area contributed by atoms with E-state index in [9.17, 15) is 4.79 Å². The second-order valence-electron chi connectivity index (χ2n) is 4.40. The first-order valence-corrected chi connectivity index (χ1v) is 6.01. The SMILES string of the molecule is Cc1noc(C)c1CNC(=O)N(C)Cc1ccco1. The maximum absolute atomic E-state index is 11.9. The molecule has 0 fully saturated rings. The van der Waals surface area contributed by atoms with Gasteiger partial charge in [0, 0.05) is 19.2 Å². The Bertz CT molecular complexity index is 526. The molecule has 6 heteroatoms. The Morgan fingerprint density at radius 3 is 2.84 bits per heavy atom. The lowest BCUT2D eigenvalue weighted by atomic mass is 10.2. The Kier molecular flexibility index (Phi) is 3.89. The summed E-state index contributed by atoms with van der Waals surface area (Å²) in [6, 6.07) is 3.46. The van der Waals surface area contributed by atoms with Gasteiger partial charge in [-0.2, -0.15) is 0 Å². The highest BCUT2D eigenvalue weighted by atomic mass is 16.5. The fraction of sp³-hybridized carbons (Fsp3) is 0.385. The van der Waals surface area contributed by atoms with Gasteiger partial charge >= 0.3 is 6.03 Å². The summed E-state index contributed by atoms with van der Waals surface area (Å²) in [5.74, 6) is 1.47. The number of furan rings is 1. The Labute approximate surface area is 111 Å². The van der Waals surface area contributed by atoms with E-state index in [0.29, 0.717) is 13.1 Å². The summed E-state index contributed by atoms with van der Waals surface area (Å²) in [4.78, 5) is 13.5. The van der Waals surface area contributed by atoms with E-state index in [1.54, 1.807) is 24.3 Å². The number of rotatable bonds is 4. The fourth-order valence-corrected chi connectivity index (χ4v) is 1.76. The lowest BCUT2D eigenvalue weighted by Gasteiger charge is -2.16. The van der Waals surface area contributed by atoms with Gasteiger partial charge in [0.05, 0.1) is 18.5 Å². The molecule has 2 amide bonds. The second-order valence-corrected chi connectivity index (χ2v) is 4.40. The molecule has 0 saturated carbocycles. The molecule has 0 aromatic carbocycles. The molecule has 0 saturated heterocycles. The second kappa shape index (κ2) is 5.60. The number of aromatic nitrogens is 1. The van der Waals surface area contributed by atoms with Crippen LogP contribution >= 0.6 is 0 Å². The maximum Gasteiger partial charge on any atom is 0.317 e. The summed E-state index contributed by atoms with van der Waals surface area (Å²) in [6.07, 6.45) is 1.59. The highest BCUT2D eigenvalue weighted by Gasteiger charge is 2.13. The van der Waals surface area contributed by atoms with Gasteiger partial charge < -0.3 is 19.2 Å². The molecule has 19 heavy (non-hydrogen) atoms. The molecule has 0 atom stereocenters. The molecule has 102 valence electrons. The van der Waals surface area contributed by atoms with Crippen molar-refractivity contribution in [3.8, 4) is 0 Å². The van der Waals surface area contributed by atoms with Crippen LogP contribution in [0.5, 0.6) is 0 Å². The Balaban J connectivity index is 1.87. The number of hydrogen-bond donors (Lipinski definition) is 1. The standard InChI is InChI=1S/C13H17N3O3/c1-9-12(10(2)19-15-9)7-14-13(17)16(3)8-11-5-4-6-18-11/h4-6H,7-8H2,1-3H3,(H,14,17). The van der Waals surface area contributed by atoms with E-state index in [-0.39, 0.29) is 6.03 Å². The molecular weight excluding hydrogens is 246 g/mol. The molecule has 0 aliphatic heterocycles. The number of carbonyl (C=O) groups is 1. The van der Waals surface area contributed by atoms with Gasteiger partial charge in [-0.3, -0.25) is 0 Å². The first kappa shape index (κ1) is 13.2. The summed E-state index contributed by atoms with van der Waals surface area (Å²) in [5.41, 5.74) is 1.71. The van der Waals surface area contributed by atoms with Crippen molar-refractivity contribution in [3.05, 3.63) is 41.2 Å². The van der Waals surface area contributed by atoms with Crippen LogP contribution in [0.2, 0.25) is 0 Å². The molecule has 2 aromatic rings. The van der Waals surface area contributed by atoms with Gasteiger partial charge in [0.1, 0.15) is 11.5 Å². The zero-order chi connectivity index (χ0) is 13.8. The molecule has 0 bridgehead atoms. The molecule has 0 radical (unpaired) electrons. The molecule has 0 spiro atoms. The summed E-state index contributed by atoms with van der Waals surface area (Å²) >= 11 is 0. The van der Waals surface area contributed by atoms with Gasteiger partial charge in [0.15, 0.2) is 0 Å². The number of hydrogen-bond acceptors (Lipinski definition) is 4. The van der Waals surface area contributed by atoms with E-state index in [1.807, 2.05) is 19.9 Å². The molecule has 0 aliphatic rings. The normalized spacial score (nSPS) is 10.5. The summed E-state index contributed by atoms with van der Waals surface area (Å²) in [6.45, 7) is 4.52. The number of carbonyl (C=O) groups excluding carboxylic acids is 1. The van der Waals surface area contributed by atoms with Crippen LogP contribution in [-0.4, -0.2) is 23.1 Å². The van der Waals surface area contributed by atoms with Crippen LogP contribution in [0, 0.1) is 13.8 Å². The van der Waals surface area contributed by atoms with Crippen LogP contribution in [0.3, 0.4) is 0 Å². The molecule has 6 nitrogen and oxygen atoms in total. The highest BCUT2D eigenvalue weighted by molar-refractivity contribution is 5.73. The van der Waals surface area contributed by atoms with E-state index < -0.39 is 0 Å². The molecule has 2 rings (SSSR count). The van der Waals surface area contributed by atoms with Crippen molar-refractivity contribution in [3.63, 3.8) is 0 Å². The zero-order valence-corrected chi connectivity index (χ0v) is 11.3. The minimum atomic E-state index is -0.170. The van der Waals surface area contributed by atoms with Crippen molar-refractivity contribution in [2.45, 2.75) is 26.9 Å². The Morgan fingerprint density at radius 2 is 2.26 bits per heavy atom. The first-order chi connectivity index (χ1) is 9.08. The minimum absolute atomic E-state index is 0.170. The number of aryl methyl sites for hydroxylation is 2. The van der Waals surface area contributed by atoms with E-state index in [2.05, 4.69) is 10.5 Å². The highest BCUT2D eigenvalue weighted by Crippen LogP contribution is 2.11. The van der Waals surface area contributed by atoms with Crippen LogP contribution in [0.15, 0.2) is 27.3 Å². The molecular formula is C13H17N3O3.